The van der Waals surface area contributed by atoms with Crippen LogP contribution < -0.4 is 5.73 Å². The summed E-state index contributed by atoms with van der Waals surface area (Å²) in [7, 11) is -2.02. The van der Waals surface area contributed by atoms with Gasteiger partial charge in [0.2, 0.25) is 10.0 Å². The van der Waals surface area contributed by atoms with Gasteiger partial charge in [-0.2, -0.15) is 4.31 Å². The van der Waals surface area contributed by atoms with Crippen LogP contribution in [0.4, 0.5) is 0 Å². The zero-order valence-corrected chi connectivity index (χ0v) is 13.5. The lowest BCUT2D eigenvalue weighted by molar-refractivity contribution is 0.118. The van der Waals surface area contributed by atoms with Gasteiger partial charge in [0.25, 0.3) is 0 Å². The summed E-state index contributed by atoms with van der Waals surface area (Å²) in [6.45, 7) is 1.50. The van der Waals surface area contributed by atoms with Crippen LogP contribution in [0.15, 0.2) is 23.2 Å². The Morgan fingerprint density at radius 3 is 3.05 bits per heavy atom. The summed E-state index contributed by atoms with van der Waals surface area (Å²) in [4.78, 5) is 4.06. The Balaban J connectivity index is 2.32. The second kappa shape index (κ2) is 6.78. The van der Waals surface area contributed by atoms with Crippen LogP contribution in [-0.2, 0) is 14.8 Å². The van der Waals surface area contributed by atoms with Gasteiger partial charge in [0, 0.05) is 26.4 Å². The minimum absolute atomic E-state index is 0.0142. The molecule has 2 heterocycles. The first-order chi connectivity index (χ1) is 9.96. The lowest BCUT2D eigenvalue weighted by Gasteiger charge is -2.31. The van der Waals surface area contributed by atoms with Crippen molar-refractivity contribution in [1.29, 1.82) is 0 Å². The molecule has 8 heteroatoms. The quantitative estimate of drug-likeness (QED) is 0.803. The molecule has 6 nitrogen and oxygen atoms in total. The summed E-state index contributed by atoms with van der Waals surface area (Å²) >= 11 is 4.90. The van der Waals surface area contributed by atoms with Gasteiger partial charge in [0.1, 0.15) is 15.6 Å². The summed E-state index contributed by atoms with van der Waals surface area (Å²) < 4.78 is 32.2. The Labute approximate surface area is 130 Å². The molecule has 1 aromatic heterocycles. The van der Waals surface area contributed by atoms with E-state index in [1.54, 1.807) is 13.2 Å². The van der Waals surface area contributed by atoms with Gasteiger partial charge in [-0.3, -0.25) is 4.98 Å². The molecule has 0 spiro atoms. The van der Waals surface area contributed by atoms with Crippen LogP contribution >= 0.6 is 12.2 Å². The maximum Gasteiger partial charge on any atom is 0.245 e. The smallest absolute Gasteiger partial charge is 0.245 e. The van der Waals surface area contributed by atoms with E-state index < -0.39 is 10.0 Å². The maximum absolute atomic E-state index is 12.8. The Morgan fingerprint density at radius 1 is 1.62 bits per heavy atom. The minimum atomic E-state index is -3.64. The van der Waals surface area contributed by atoms with Gasteiger partial charge in [-0.05, 0) is 30.9 Å². The fourth-order valence-electron chi connectivity index (χ4n) is 2.54. The highest BCUT2D eigenvalue weighted by Crippen LogP contribution is 2.25. The molecule has 1 fully saturated rings. The number of ether oxygens (including phenoxy) is 1. The predicted molar refractivity (Wildman–Crippen MR) is 83.5 cm³/mol. The summed E-state index contributed by atoms with van der Waals surface area (Å²) in [5, 5.41) is 0. The molecule has 116 valence electrons. The summed E-state index contributed by atoms with van der Waals surface area (Å²) in [5.41, 5.74) is 5.74. The van der Waals surface area contributed by atoms with Gasteiger partial charge >= 0.3 is 0 Å². The van der Waals surface area contributed by atoms with Gasteiger partial charge in [-0.1, -0.05) is 12.2 Å². The SMILES string of the molecule is COCC1CCCN(S(=O)(=O)c2cccnc2C(N)=S)C1. The molecule has 0 saturated carbocycles. The van der Waals surface area contributed by atoms with Crippen molar-refractivity contribution in [3.8, 4) is 0 Å². The molecule has 1 aliphatic rings. The molecule has 1 atom stereocenters. The van der Waals surface area contributed by atoms with Crippen molar-refractivity contribution in [3.05, 3.63) is 24.0 Å². The largest absolute Gasteiger partial charge is 0.388 e. The number of sulfonamides is 1. The average Bonchev–Trinajstić information content (AvgIpc) is 2.48. The number of nitrogens with zero attached hydrogens (tertiary/aromatic N) is 2. The van der Waals surface area contributed by atoms with Crippen LogP contribution in [0.3, 0.4) is 0 Å². The maximum atomic E-state index is 12.8. The molecule has 1 aromatic rings. The van der Waals surface area contributed by atoms with Crippen LogP contribution in [0, 0.1) is 5.92 Å². The van der Waals surface area contributed by atoms with Gasteiger partial charge in [0.05, 0.1) is 6.61 Å². The van der Waals surface area contributed by atoms with Crippen molar-refractivity contribution < 1.29 is 13.2 Å². The van der Waals surface area contributed by atoms with Crippen molar-refractivity contribution in [2.75, 3.05) is 26.8 Å². The van der Waals surface area contributed by atoms with Crippen molar-refractivity contribution in [2.24, 2.45) is 11.7 Å². The van der Waals surface area contributed by atoms with Crippen molar-refractivity contribution >= 4 is 27.2 Å². The van der Waals surface area contributed by atoms with E-state index in [2.05, 4.69) is 4.98 Å². The summed E-state index contributed by atoms with van der Waals surface area (Å²) in [6.07, 6.45) is 3.27. The molecular formula is C13H19N3O3S2. The number of hydrogen-bond donors (Lipinski definition) is 1. The normalized spacial score (nSPS) is 20.3. The van der Waals surface area contributed by atoms with E-state index in [0.29, 0.717) is 19.7 Å². The van der Waals surface area contributed by atoms with E-state index in [-0.39, 0.29) is 21.5 Å². The van der Waals surface area contributed by atoms with Crippen LogP contribution in [0.5, 0.6) is 0 Å². The van der Waals surface area contributed by atoms with Gasteiger partial charge in [-0.15, -0.1) is 0 Å². The van der Waals surface area contributed by atoms with E-state index in [9.17, 15) is 8.42 Å². The lowest BCUT2D eigenvalue weighted by atomic mass is 10.0. The first kappa shape index (κ1) is 16.3. The number of rotatable bonds is 5. The summed E-state index contributed by atoms with van der Waals surface area (Å²) in [6, 6.07) is 3.07. The van der Waals surface area contributed by atoms with Crippen LogP contribution in [0.1, 0.15) is 18.5 Å². The second-order valence-corrected chi connectivity index (χ2v) is 7.39. The van der Waals surface area contributed by atoms with E-state index in [1.165, 1.54) is 16.6 Å². The highest BCUT2D eigenvalue weighted by molar-refractivity contribution is 7.89. The molecule has 0 radical (unpaired) electrons. The topological polar surface area (TPSA) is 85.5 Å². The molecular weight excluding hydrogens is 310 g/mol. The second-order valence-electron chi connectivity index (χ2n) is 5.04. The Kier molecular flexibility index (Phi) is 5.26. The third-order valence-electron chi connectivity index (χ3n) is 3.51. The zero-order valence-electron chi connectivity index (χ0n) is 11.9. The molecule has 1 unspecified atom stereocenters. The van der Waals surface area contributed by atoms with Crippen molar-refractivity contribution in [1.82, 2.24) is 9.29 Å². The van der Waals surface area contributed by atoms with Gasteiger partial charge in [0.15, 0.2) is 0 Å². The molecule has 1 aliphatic heterocycles. The molecule has 21 heavy (non-hydrogen) atoms. The molecule has 2 rings (SSSR count). The van der Waals surface area contributed by atoms with E-state index in [1.807, 2.05) is 0 Å². The summed E-state index contributed by atoms with van der Waals surface area (Å²) in [5.74, 6) is 0.212. The Morgan fingerprint density at radius 2 is 2.38 bits per heavy atom. The van der Waals surface area contributed by atoms with E-state index in [0.717, 1.165) is 12.8 Å². The van der Waals surface area contributed by atoms with Crippen LogP contribution in [0.2, 0.25) is 0 Å². The molecule has 0 aliphatic carbocycles. The van der Waals surface area contributed by atoms with Crippen molar-refractivity contribution in [2.45, 2.75) is 17.7 Å². The number of methoxy groups -OCH3 is 1. The fraction of sp³-hybridized carbons (Fsp3) is 0.538. The Hall–Kier alpha value is -1.09. The molecule has 0 bridgehead atoms. The molecule has 0 aromatic carbocycles. The number of hydrogen-bond acceptors (Lipinski definition) is 5. The average molecular weight is 329 g/mol. The molecule has 1 saturated heterocycles. The number of pyridine rings is 1. The van der Waals surface area contributed by atoms with Crippen LogP contribution in [0.25, 0.3) is 0 Å². The van der Waals surface area contributed by atoms with E-state index >= 15 is 0 Å². The number of aromatic nitrogens is 1. The van der Waals surface area contributed by atoms with Crippen LogP contribution in [-0.4, -0.2) is 49.5 Å². The first-order valence-electron chi connectivity index (χ1n) is 6.70. The Bertz CT molecular complexity index is 617. The highest BCUT2D eigenvalue weighted by Gasteiger charge is 2.32. The highest BCUT2D eigenvalue weighted by atomic mass is 32.2. The monoisotopic (exact) mass is 329 g/mol. The van der Waals surface area contributed by atoms with Gasteiger partial charge < -0.3 is 10.5 Å². The predicted octanol–water partition coefficient (Wildman–Crippen LogP) is 0.763. The molecule has 2 N–H and O–H groups in total. The third-order valence-corrected chi connectivity index (χ3v) is 5.60. The number of thiocarbonyl (C=S) groups is 1. The minimum Gasteiger partial charge on any atom is -0.388 e. The zero-order chi connectivity index (χ0) is 15.5. The van der Waals surface area contributed by atoms with Crippen molar-refractivity contribution in [3.63, 3.8) is 0 Å². The lowest BCUT2D eigenvalue weighted by Crippen LogP contribution is -2.41. The third kappa shape index (κ3) is 3.57. The van der Waals surface area contributed by atoms with E-state index in [4.69, 9.17) is 22.7 Å². The molecule has 0 amide bonds. The van der Waals surface area contributed by atoms with Gasteiger partial charge in [-0.25, -0.2) is 8.42 Å². The number of piperidine rings is 1. The standard InChI is InChI=1S/C13H19N3O3S2/c1-19-9-10-4-3-7-16(8-10)21(17,18)11-5-2-6-15-12(11)13(14)20/h2,5-6,10H,3-4,7-9H2,1H3,(H2,14,20). The first-order valence-corrected chi connectivity index (χ1v) is 8.55. The fourth-order valence-corrected chi connectivity index (χ4v) is 4.48. The number of nitrogens with two attached hydrogens (primary N) is 1.